The molecule has 21 heavy (non-hydrogen) atoms. The van der Waals surface area contributed by atoms with Gasteiger partial charge in [-0.2, -0.15) is 0 Å². The monoisotopic (exact) mass is 311 g/mol. The lowest BCUT2D eigenvalue weighted by molar-refractivity contribution is 0.527. The second-order valence-corrected chi connectivity index (χ2v) is 8.09. The normalized spacial score (nSPS) is 12.3. The van der Waals surface area contributed by atoms with Crippen molar-refractivity contribution in [3.63, 3.8) is 0 Å². The molecule has 0 N–H and O–H groups in total. The average Bonchev–Trinajstić information content (AvgIpc) is 2.28. The molecule has 0 amide bonds. The van der Waals surface area contributed by atoms with Crippen LogP contribution >= 0.6 is 11.6 Å². The molecule has 0 saturated carbocycles. The van der Waals surface area contributed by atoms with E-state index < -0.39 is 0 Å². The average molecular weight is 312 g/mol. The first kappa shape index (κ1) is 18.2. The smallest absolute Gasteiger partial charge is 0.137 e. The fourth-order valence-electron chi connectivity index (χ4n) is 2.25. The Labute approximate surface area is 135 Å². The van der Waals surface area contributed by atoms with Gasteiger partial charge in [0.1, 0.15) is 16.8 Å². The van der Waals surface area contributed by atoms with Crippen LogP contribution < -0.4 is 4.90 Å². The molecule has 0 saturated heterocycles. The Balaban J connectivity index is 3.31. The van der Waals surface area contributed by atoms with Crippen molar-refractivity contribution in [1.29, 1.82) is 0 Å². The summed E-state index contributed by atoms with van der Waals surface area (Å²) in [6.07, 6.45) is 0. The van der Waals surface area contributed by atoms with E-state index in [1.165, 1.54) is 0 Å². The maximum absolute atomic E-state index is 6.36. The molecule has 1 aromatic rings. The minimum Gasteiger partial charge on any atom is -0.356 e. The van der Waals surface area contributed by atoms with Crippen molar-refractivity contribution in [3.05, 3.63) is 16.5 Å². The minimum atomic E-state index is -0.104. The summed E-state index contributed by atoms with van der Waals surface area (Å²) in [6, 6.07) is 0. The lowest BCUT2D eigenvalue weighted by Crippen LogP contribution is -2.33. The van der Waals surface area contributed by atoms with E-state index in [1.54, 1.807) is 0 Å². The third-order valence-corrected chi connectivity index (χ3v) is 3.57. The Morgan fingerprint density at radius 1 is 1.00 bits per heavy atom. The zero-order chi connectivity index (χ0) is 16.4. The van der Waals surface area contributed by atoms with Gasteiger partial charge in [-0.05, 0) is 18.8 Å². The topological polar surface area (TPSA) is 29.0 Å². The summed E-state index contributed by atoms with van der Waals surface area (Å²) in [5, 5.41) is 0.572. The second kappa shape index (κ2) is 6.95. The summed E-state index contributed by atoms with van der Waals surface area (Å²) in [6.45, 7) is 19.3. The summed E-state index contributed by atoms with van der Waals surface area (Å²) in [5.41, 5.74) is 0.874. The van der Waals surface area contributed by atoms with Crippen LogP contribution in [-0.2, 0) is 5.41 Å². The SMILES string of the molecule is Cc1c(Cl)nc(C(C)(C)C)nc1N(CC(C)C)CC(C)C. The molecule has 0 aromatic carbocycles. The highest BCUT2D eigenvalue weighted by atomic mass is 35.5. The Bertz CT molecular complexity index is 466. The van der Waals surface area contributed by atoms with Gasteiger partial charge in [0.25, 0.3) is 0 Å². The Morgan fingerprint density at radius 2 is 1.48 bits per heavy atom. The van der Waals surface area contributed by atoms with Crippen LogP contribution in [0.1, 0.15) is 59.9 Å². The molecule has 1 aromatic heterocycles. The molecular weight excluding hydrogens is 282 g/mol. The predicted octanol–water partition coefficient (Wildman–Crippen LogP) is 4.85. The van der Waals surface area contributed by atoms with E-state index in [9.17, 15) is 0 Å². The number of aromatic nitrogens is 2. The van der Waals surface area contributed by atoms with Crippen molar-refractivity contribution < 1.29 is 0 Å². The standard InChI is InChI=1S/C17H30ClN3/c1-11(2)9-21(10-12(3)4)15-13(5)14(18)19-16(20-15)17(6,7)8/h11-12H,9-10H2,1-8H3. The number of hydrogen-bond acceptors (Lipinski definition) is 3. The van der Waals surface area contributed by atoms with Gasteiger partial charge in [-0.25, -0.2) is 9.97 Å². The predicted molar refractivity (Wildman–Crippen MR) is 92.4 cm³/mol. The number of rotatable bonds is 5. The molecule has 1 heterocycles. The molecule has 0 radical (unpaired) electrons. The fraction of sp³-hybridized carbons (Fsp3) is 0.765. The first-order valence-corrected chi connectivity index (χ1v) is 8.19. The number of anilines is 1. The molecule has 0 bridgehead atoms. The van der Waals surface area contributed by atoms with Crippen LogP contribution in [0.15, 0.2) is 0 Å². The van der Waals surface area contributed by atoms with E-state index in [-0.39, 0.29) is 5.41 Å². The highest BCUT2D eigenvalue weighted by Crippen LogP contribution is 2.29. The summed E-state index contributed by atoms with van der Waals surface area (Å²) >= 11 is 6.36. The number of nitrogens with zero attached hydrogens (tertiary/aromatic N) is 3. The maximum atomic E-state index is 6.36. The third kappa shape index (κ3) is 5.14. The van der Waals surface area contributed by atoms with Crippen LogP contribution in [0.3, 0.4) is 0 Å². The Morgan fingerprint density at radius 3 is 1.86 bits per heavy atom. The molecule has 3 nitrogen and oxygen atoms in total. The lowest BCUT2D eigenvalue weighted by Gasteiger charge is -2.30. The van der Waals surface area contributed by atoms with Gasteiger partial charge in [0.2, 0.25) is 0 Å². The molecule has 0 spiro atoms. The van der Waals surface area contributed by atoms with Crippen molar-refractivity contribution in [3.8, 4) is 0 Å². The molecule has 0 unspecified atom stereocenters. The van der Waals surface area contributed by atoms with E-state index in [4.69, 9.17) is 16.6 Å². The number of halogens is 1. The van der Waals surface area contributed by atoms with Crippen LogP contribution in [-0.4, -0.2) is 23.1 Å². The van der Waals surface area contributed by atoms with E-state index in [2.05, 4.69) is 58.4 Å². The molecule has 0 fully saturated rings. The molecular formula is C17H30ClN3. The molecule has 0 aliphatic rings. The van der Waals surface area contributed by atoms with Crippen molar-refractivity contribution in [2.24, 2.45) is 11.8 Å². The molecule has 4 heteroatoms. The van der Waals surface area contributed by atoms with Crippen molar-refractivity contribution in [2.45, 2.75) is 60.8 Å². The first-order chi connectivity index (χ1) is 9.52. The molecule has 0 atom stereocenters. The number of hydrogen-bond donors (Lipinski definition) is 0. The van der Waals surface area contributed by atoms with E-state index >= 15 is 0 Å². The zero-order valence-corrected chi connectivity index (χ0v) is 15.5. The van der Waals surface area contributed by atoms with Gasteiger partial charge in [-0.1, -0.05) is 60.1 Å². The third-order valence-electron chi connectivity index (χ3n) is 3.20. The van der Waals surface area contributed by atoms with Gasteiger partial charge >= 0.3 is 0 Å². The van der Waals surface area contributed by atoms with E-state index in [1.807, 2.05) is 6.92 Å². The van der Waals surface area contributed by atoms with Crippen LogP contribution in [0.5, 0.6) is 0 Å². The summed E-state index contributed by atoms with van der Waals surface area (Å²) in [7, 11) is 0. The van der Waals surface area contributed by atoms with Gasteiger partial charge in [0.15, 0.2) is 0 Å². The highest BCUT2D eigenvalue weighted by molar-refractivity contribution is 6.30. The maximum Gasteiger partial charge on any atom is 0.137 e. The quantitative estimate of drug-likeness (QED) is 0.728. The van der Waals surface area contributed by atoms with Crippen molar-refractivity contribution in [2.75, 3.05) is 18.0 Å². The largest absolute Gasteiger partial charge is 0.356 e. The molecule has 120 valence electrons. The summed E-state index contributed by atoms with van der Waals surface area (Å²) in [4.78, 5) is 11.7. The van der Waals surface area contributed by atoms with E-state index in [0.29, 0.717) is 17.0 Å². The van der Waals surface area contributed by atoms with E-state index in [0.717, 1.165) is 30.3 Å². The van der Waals surface area contributed by atoms with Crippen molar-refractivity contribution in [1.82, 2.24) is 9.97 Å². The Hall–Kier alpha value is -0.830. The van der Waals surface area contributed by atoms with Gasteiger partial charge < -0.3 is 4.90 Å². The van der Waals surface area contributed by atoms with Gasteiger partial charge in [-0.15, -0.1) is 0 Å². The van der Waals surface area contributed by atoms with Gasteiger partial charge in [0.05, 0.1) is 0 Å². The van der Waals surface area contributed by atoms with Crippen molar-refractivity contribution >= 4 is 17.4 Å². The second-order valence-electron chi connectivity index (χ2n) is 7.73. The Kier molecular flexibility index (Phi) is 6.03. The molecule has 0 aliphatic heterocycles. The fourth-order valence-corrected chi connectivity index (χ4v) is 2.42. The minimum absolute atomic E-state index is 0.104. The van der Waals surface area contributed by atoms with Crippen LogP contribution in [0.2, 0.25) is 5.15 Å². The van der Waals surface area contributed by atoms with Crippen LogP contribution in [0.4, 0.5) is 5.82 Å². The summed E-state index contributed by atoms with van der Waals surface area (Å²) < 4.78 is 0. The van der Waals surface area contributed by atoms with Crippen LogP contribution in [0, 0.1) is 18.8 Å². The molecule has 1 rings (SSSR count). The first-order valence-electron chi connectivity index (χ1n) is 7.82. The van der Waals surface area contributed by atoms with Gasteiger partial charge in [0, 0.05) is 24.1 Å². The highest BCUT2D eigenvalue weighted by Gasteiger charge is 2.23. The van der Waals surface area contributed by atoms with Gasteiger partial charge in [-0.3, -0.25) is 0 Å². The lowest BCUT2D eigenvalue weighted by atomic mass is 9.95. The summed E-state index contributed by atoms with van der Waals surface area (Å²) in [5.74, 6) is 2.96. The van der Waals surface area contributed by atoms with Crippen LogP contribution in [0.25, 0.3) is 0 Å². The molecule has 0 aliphatic carbocycles. The zero-order valence-electron chi connectivity index (χ0n) is 14.8.